The summed E-state index contributed by atoms with van der Waals surface area (Å²) in [7, 11) is 0. The molecule has 0 radical (unpaired) electrons. The third-order valence-corrected chi connectivity index (χ3v) is 5.43. The van der Waals surface area contributed by atoms with Crippen molar-refractivity contribution >= 4 is 16.7 Å². The molecule has 146 valence electrons. The number of benzene rings is 1. The van der Waals surface area contributed by atoms with Gasteiger partial charge in [-0.15, -0.1) is 0 Å². The molecule has 0 saturated heterocycles. The van der Waals surface area contributed by atoms with E-state index in [9.17, 15) is 5.11 Å². The number of aryl methyl sites for hydroxylation is 2. The van der Waals surface area contributed by atoms with Crippen LogP contribution in [0.1, 0.15) is 28.8 Å². The molecule has 0 unspecified atom stereocenters. The molecule has 6 heteroatoms. The summed E-state index contributed by atoms with van der Waals surface area (Å²) in [6.45, 7) is 1.95. The van der Waals surface area contributed by atoms with Gasteiger partial charge >= 0.3 is 0 Å². The molecule has 0 amide bonds. The quantitative estimate of drug-likeness (QED) is 0.482. The van der Waals surface area contributed by atoms with Gasteiger partial charge < -0.3 is 10.8 Å². The number of nitrogens with two attached hydrogens (primary N) is 1. The van der Waals surface area contributed by atoms with Crippen molar-refractivity contribution in [1.82, 2.24) is 19.9 Å². The molecule has 3 N–H and O–H groups in total. The molecule has 1 atom stereocenters. The maximum Gasteiger partial charge on any atom is 0.168 e. The molecular weight excluding hydrogens is 374 g/mol. The first kappa shape index (κ1) is 18.2. The Kier molecular flexibility index (Phi) is 4.19. The summed E-state index contributed by atoms with van der Waals surface area (Å²) in [4.78, 5) is 17.7. The van der Waals surface area contributed by atoms with Crippen molar-refractivity contribution < 1.29 is 5.11 Å². The standard InChI is InChI=1S/C24H19N5O/c1-15-13-27-22(25)20-19(15)14-28-23(29-20)18-5-2-4-16(12-18)7-9-24(30)10-8-17-6-3-11-26-21(17)24/h2-6,11-14,30H,8,10H2,1H3,(H2,25,27)/t24-/m0/s1. The zero-order valence-electron chi connectivity index (χ0n) is 16.4. The van der Waals surface area contributed by atoms with Crippen LogP contribution >= 0.6 is 0 Å². The smallest absolute Gasteiger partial charge is 0.168 e. The monoisotopic (exact) mass is 393 g/mol. The van der Waals surface area contributed by atoms with Crippen molar-refractivity contribution in [3.8, 4) is 23.2 Å². The van der Waals surface area contributed by atoms with Crippen LogP contribution in [0.3, 0.4) is 0 Å². The highest BCUT2D eigenvalue weighted by Gasteiger charge is 2.36. The van der Waals surface area contributed by atoms with Crippen LogP contribution in [-0.2, 0) is 12.0 Å². The van der Waals surface area contributed by atoms with Crippen LogP contribution in [0.4, 0.5) is 5.82 Å². The van der Waals surface area contributed by atoms with E-state index in [1.54, 1.807) is 18.6 Å². The van der Waals surface area contributed by atoms with Gasteiger partial charge in [-0.1, -0.05) is 30.0 Å². The van der Waals surface area contributed by atoms with Gasteiger partial charge in [0.2, 0.25) is 0 Å². The van der Waals surface area contributed by atoms with E-state index in [4.69, 9.17) is 5.73 Å². The van der Waals surface area contributed by atoms with Crippen LogP contribution in [0, 0.1) is 18.8 Å². The van der Waals surface area contributed by atoms with Crippen molar-refractivity contribution in [2.24, 2.45) is 0 Å². The van der Waals surface area contributed by atoms with Gasteiger partial charge in [0.05, 0.1) is 5.69 Å². The second kappa shape index (κ2) is 6.90. The number of rotatable bonds is 1. The van der Waals surface area contributed by atoms with Crippen molar-refractivity contribution in [2.75, 3.05) is 5.73 Å². The number of aromatic nitrogens is 4. The molecule has 1 aromatic carbocycles. The molecule has 0 aliphatic heterocycles. The van der Waals surface area contributed by atoms with E-state index < -0.39 is 5.60 Å². The van der Waals surface area contributed by atoms with Crippen LogP contribution in [0.25, 0.3) is 22.3 Å². The first-order valence-corrected chi connectivity index (χ1v) is 9.72. The zero-order valence-corrected chi connectivity index (χ0v) is 16.4. The molecule has 1 aliphatic rings. The Bertz CT molecular complexity index is 1350. The predicted molar refractivity (Wildman–Crippen MR) is 115 cm³/mol. The number of nitrogens with zero attached hydrogens (tertiary/aromatic N) is 4. The first-order valence-electron chi connectivity index (χ1n) is 9.72. The Morgan fingerprint density at radius 3 is 2.90 bits per heavy atom. The molecule has 6 nitrogen and oxygen atoms in total. The van der Waals surface area contributed by atoms with E-state index in [0.29, 0.717) is 29.3 Å². The van der Waals surface area contributed by atoms with E-state index in [1.165, 1.54) is 0 Å². The molecule has 3 aromatic heterocycles. The van der Waals surface area contributed by atoms with Gasteiger partial charge in [-0.2, -0.15) is 0 Å². The highest BCUT2D eigenvalue weighted by molar-refractivity contribution is 5.90. The van der Waals surface area contributed by atoms with Crippen LogP contribution in [-0.4, -0.2) is 25.0 Å². The molecule has 0 fully saturated rings. The fraction of sp³-hybridized carbons (Fsp3) is 0.167. The molecule has 5 rings (SSSR count). The minimum absolute atomic E-state index is 0.379. The maximum atomic E-state index is 11.0. The van der Waals surface area contributed by atoms with Gasteiger partial charge in [0.25, 0.3) is 0 Å². The van der Waals surface area contributed by atoms with E-state index in [2.05, 4.69) is 31.8 Å². The summed E-state index contributed by atoms with van der Waals surface area (Å²) < 4.78 is 0. The van der Waals surface area contributed by atoms with E-state index >= 15 is 0 Å². The molecule has 0 bridgehead atoms. The molecule has 4 aromatic rings. The van der Waals surface area contributed by atoms with E-state index in [0.717, 1.165) is 34.1 Å². The van der Waals surface area contributed by atoms with Gasteiger partial charge in [-0.3, -0.25) is 4.98 Å². The topological polar surface area (TPSA) is 97.8 Å². The second-order valence-electron chi connectivity index (χ2n) is 7.48. The average Bonchev–Trinajstić information content (AvgIpc) is 3.12. The van der Waals surface area contributed by atoms with E-state index in [-0.39, 0.29) is 0 Å². The van der Waals surface area contributed by atoms with Crippen LogP contribution in [0.2, 0.25) is 0 Å². The SMILES string of the molecule is Cc1cnc(N)c2nc(-c3cccc(C#C[C@]4(O)CCc5cccnc54)c3)ncc12. The number of anilines is 1. The normalized spacial score (nSPS) is 17.4. The highest BCUT2D eigenvalue weighted by atomic mass is 16.3. The second-order valence-corrected chi connectivity index (χ2v) is 7.48. The Morgan fingerprint density at radius 2 is 2.00 bits per heavy atom. The third kappa shape index (κ3) is 3.06. The summed E-state index contributed by atoms with van der Waals surface area (Å²) in [5, 5.41) is 11.9. The minimum Gasteiger partial charge on any atom is -0.382 e. The fourth-order valence-corrected chi connectivity index (χ4v) is 3.78. The van der Waals surface area contributed by atoms with Crippen molar-refractivity contribution in [1.29, 1.82) is 0 Å². The van der Waals surface area contributed by atoms with Gasteiger partial charge in [0, 0.05) is 35.1 Å². The van der Waals surface area contributed by atoms with Crippen LogP contribution < -0.4 is 5.73 Å². The fourth-order valence-electron chi connectivity index (χ4n) is 3.78. The molecular formula is C24H19N5O. The van der Waals surface area contributed by atoms with Gasteiger partial charge in [0.15, 0.2) is 11.4 Å². The average molecular weight is 393 g/mol. The summed E-state index contributed by atoms with van der Waals surface area (Å²) in [6.07, 6.45) is 6.50. The molecule has 0 spiro atoms. The summed E-state index contributed by atoms with van der Waals surface area (Å²) in [5.41, 5.74) is 9.71. The zero-order chi connectivity index (χ0) is 20.7. The summed E-state index contributed by atoms with van der Waals surface area (Å²) in [5.74, 6) is 7.06. The Balaban J connectivity index is 1.52. The number of hydrogen-bond acceptors (Lipinski definition) is 6. The number of aliphatic hydroxyl groups is 1. The summed E-state index contributed by atoms with van der Waals surface area (Å²) >= 11 is 0. The lowest BCUT2D eigenvalue weighted by molar-refractivity contribution is 0.0982. The largest absolute Gasteiger partial charge is 0.382 e. The molecule has 30 heavy (non-hydrogen) atoms. The highest BCUT2D eigenvalue weighted by Crippen LogP contribution is 2.34. The van der Waals surface area contributed by atoms with Crippen molar-refractivity contribution in [3.63, 3.8) is 0 Å². The third-order valence-electron chi connectivity index (χ3n) is 5.43. The number of hydrogen-bond donors (Lipinski definition) is 2. The molecule has 0 saturated carbocycles. The van der Waals surface area contributed by atoms with Crippen molar-refractivity contribution in [2.45, 2.75) is 25.4 Å². The van der Waals surface area contributed by atoms with Gasteiger partial charge in [0.1, 0.15) is 11.3 Å². The maximum absolute atomic E-state index is 11.0. The minimum atomic E-state index is -1.22. The Labute approximate surface area is 173 Å². The van der Waals surface area contributed by atoms with E-state index in [1.807, 2.05) is 43.3 Å². The molecule has 1 aliphatic carbocycles. The lowest BCUT2D eigenvalue weighted by atomic mass is 10.0. The van der Waals surface area contributed by atoms with Gasteiger partial charge in [-0.05, 0) is 49.1 Å². The first-order chi connectivity index (χ1) is 14.5. The van der Waals surface area contributed by atoms with Gasteiger partial charge in [-0.25, -0.2) is 15.0 Å². The predicted octanol–water partition coefficient (Wildman–Crippen LogP) is 3.16. The van der Waals surface area contributed by atoms with Crippen LogP contribution in [0.5, 0.6) is 0 Å². The molecule has 3 heterocycles. The van der Waals surface area contributed by atoms with Crippen molar-refractivity contribution in [3.05, 3.63) is 77.4 Å². The summed E-state index contributed by atoms with van der Waals surface area (Å²) in [6, 6.07) is 11.5. The Hall–Kier alpha value is -3.82. The Morgan fingerprint density at radius 1 is 1.10 bits per heavy atom. The lowest BCUT2D eigenvalue weighted by Crippen LogP contribution is -2.20. The number of nitrogen functional groups attached to an aromatic ring is 1. The van der Waals surface area contributed by atoms with Crippen LogP contribution in [0.15, 0.2) is 55.0 Å². The number of pyridine rings is 2. The lowest BCUT2D eigenvalue weighted by Gasteiger charge is -2.15. The number of fused-ring (bicyclic) bond motifs is 2.